The van der Waals surface area contributed by atoms with Gasteiger partial charge in [0.2, 0.25) is 0 Å². The third kappa shape index (κ3) is 3.00. The summed E-state index contributed by atoms with van der Waals surface area (Å²) in [6, 6.07) is 0.715. The van der Waals surface area contributed by atoms with Crippen LogP contribution in [0.2, 0.25) is 0 Å². The van der Waals surface area contributed by atoms with Crippen molar-refractivity contribution in [3.63, 3.8) is 0 Å². The van der Waals surface area contributed by atoms with Crippen molar-refractivity contribution in [1.29, 1.82) is 0 Å². The average Bonchev–Trinajstić information content (AvgIpc) is 2.90. The molecule has 0 bridgehead atoms. The Hall–Kier alpha value is -0.160. The van der Waals surface area contributed by atoms with Crippen LogP contribution >= 0.6 is 0 Å². The summed E-state index contributed by atoms with van der Waals surface area (Å²) < 4.78 is 0. The zero-order valence-corrected chi connectivity index (χ0v) is 14.1. The van der Waals surface area contributed by atoms with E-state index in [0.717, 1.165) is 12.5 Å². The van der Waals surface area contributed by atoms with E-state index in [0.29, 0.717) is 6.04 Å². The third-order valence-corrected chi connectivity index (χ3v) is 6.55. The number of piperidine rings is 2. The van der Waals surface area contributed by atoms with Gasteiger partial charge in [0.1, 0.15) is 0 Å². The summed E-state index contributed by atoms with van der Waals surface area (Å²) in [4.78, 5) is 7.86. The minimum absolute atomic E-state index is 0.254. The van der Waals surface area contributed by atoms with Crippen molar-refractivity contribution >= 4 is 0 Å². The minimum atomic E-state index is 0.254. The lowest BCUT2D eigenvalue weighted by Gasteiger charge is -2.47. The monoisotopic (exact) mass is 294 g/mol. The first-order valence-electron chi connectivity index (χ1n) is 8.99. The molecule has 4 heteroatoms. The lowest BCUT2D eigenvalue weighted by molar-refractivity contribution is 0.0377. The molecule has 2 N–H and O–H groups in total. The van der Waals surface area contributed by atoms with E-state index in [9.17, 15) is 0 Å². The Bertz CT molecular complexity index is 340. The van der Waals surface area contributed by atoms with Gasteiger partial charge in [-0.25, -0.2) is 0 Å². The Morgan fingerprint density at radius 1 is 1.10 bits per heavy atom. The van der Waals surface area contributed by atoms with Gasteiger partial charge in [0, 0.05) is 31.2 Å². The molecule has 2 atom stereocenters. The molecule has 3 rings (SSSR count). The minimum Gasteiger partial charge on any atom is -0.329 e. The van der Waals surface area contributed by atoms with E-state index in [1.807, 2.05) is 0 Å². The molecule has 21 heavy (non-hydrogen) atoms. The number of nitrogens with two attached hydrogens (primary N) is 1. The van der Waals surface area contributed by atoms with E-state index in [1.54, 1.807) is 0 Å². The van der Waals surface area contributed by atoms with Crippen molar-refractivity contribution in [1.82, 2.24) is 14.7 Å². The normalized spacial score (nSPS) is 36.3. The Morgan fingerprint density at radius 2 is 1.86 bits per heavy atom. The molecule has 3 fully saturated rings. The summed E-state index contributed by atoms with van der Waals surface area (Å²) in [5.74, 6) is 0.868. The van der Waals surface area contributed by atoms with Crippen LogP contribution in [0.25, 0.3) is 0 Å². The number of hydrogen-bond donors (Lipinski definition) is 1. The fourth-order valence-electron chi connectivity index (χ4n) is 5.02. The highest BCUT2D eigenvalue weighted by Crippen LogP contribution is 2.39. The third-order valence-electron chi connectivity index (χ3n) is 6.55. The Balaban J connectivity index is 1.64. The van der Waals surface area contributed by atoms with Crippen molar-refractivity contribution in [2.24, 2.45) is 11.7 Å². The standard InChI is InChI=1S/C17H34N4/c1-19-10-6-15(7-11-19)13-20(2)17(14-18)8-12-21-9-4-3-5-16(17)21/h15-16H,3-14,18H2,1-2H3. The van der Waals surface area contributed by atoms with Gasteiger partial charge in [-0.05, 0) is 71.8 Å². The van der Waals surface area contributed by atoms with Crippen molar-refractivity contribution in [3.05, 3.63) is 0 Å². The van der Waals surface area contributed by atoms with Crippen LogP contribution in [0.15, 0.2) is 0 Å². The summed E-state index contributed by atoms with van der Waals surface area (Å²) in [6.07, 6.45) is 8.12. The van der Waals surface area contributed by atoms with Crippen LogP contribution in [0.3, 0.4) is 0 Å². The summed E-state index contributed by atoms with van der Waals surface area (Å²) in [6.45, 7) is 7.17. The summed E-state index contributed by atoms with van der Waals surface area (Å²) in [5, 5.41) is 0. The zero-order valence-electron chi connectivity index (χ0n) is 14.1. The lowest BCUT2D eigenvalue weighted by atomic mass is 9.83. The van der Waals surface area contributed by atoms with Crippen LogP contribution in [-0.2, 0) is 0 Å². The Kier molecular flexibility index (Phi) is 4.89. The summed E-state index contributed by atoms with van der Waals surface area (Å²) >= 11 is 0. The first-order chi connectivity index (χ1) is 10.2. The van der Waals surface area contributed by atoms with Crippen LogP contribution in [0.4, 0.5) is 0 Å². The number of hydrogen-bond acceptors (Lipinski definition) is 4. The Labute approximate surface area is 130 Å². The van der Waals surface area contributed by atoms with Gasteiger partial charge in [-0.15, -0.1) is 0 Å². The Morgan fingerprint density at radius 3 is 2.57 bits per heavy atom. The molecule has 0 aromatic heterocycles. The van der Waals surface area contributed by atoms with Gasteiger partial charge in [0.25, 0.3) is 0 Å². The molecule has 3 heterocycles. The predicted octanol–water partition coefficient (Wildman–Crippen LogP) is 1.22. The van der Waals surface area contributed by atoms with E-state index in [1.165, 1.54) is 71.2 Å². The van der Waals surface area contributed by atoms with E-state index in [4.69, 9.17) is 5.73 Å². The molecular formula is C17H34N4. The number of likely N-dealkylation sites (tertiary alicyclic amines) is 1. The molecular weight excluding hydrogens is 260 g/mol. The molecule has 3 aliphatic rings. The van der Waals surface area contributed by atoms with Gasteiger partial charge in [0.15, 0.2) is 0 Å². The molecule has 3 saturated heterocycles. The average molecular weight is 294 g/mol. The van der Waals surface area contributed by atoms with Gasteiger partial charge in [-0.2, -0.15) is 0 Å². The molecule has 3 aliphatic heterocycles. The molecule has 122 valence electrons. The highest BCUT2D eigenvalue weighted by molar-refractivity contribution is 5.08. The van der Waals surface area contributed by atoms with Crippen LogP contribution in [-0.4, -0.2) is 79.6 Å². The SMILES string of the molecule is CN1CCC(CN(C)C2(CN)CCN3CCCCC32)CC1. The highest BCUT2D eigenvalue weighted by Gasteiger charge is 2.49. The van der Waals surface area contributed by atoms with Crippen molar-refractivity contribution in [2.45, 2.75) is 50.1 Å². The fourth-order valence-corrected chi connectivity index (χ4v) is 5.02. The second-order valence-electron chi connectivity index (χ2n) is 7.73. The molecule has 0 aromatic rings. The number of fused-ring (bicyclic) bond motifs is 1. The van der Waals surface area contributed by atoms with Gasteiger partial charge >= 0.3 is 0 Å². The predicted molar refractivity (Wildman–Crippen MR) is 88.5 cm³/mol. The van der Waals surface area contributed by atoms with E-state index < -0.39 is 0 Å². The number of nitrogens with zero attached hydrogens (tertiary/aromatic N) is 3. The van der Waals surface area contributed by atoms with Gasteiger partial charge in [-0.1, -0.05) is 6.42 Å². The molecule has 0 saturated carbocycles. The second kappa shape index (κ2) is 6.53. The lowest BCUT2D eigenvalue weighted by Crippen LogP contribution is -2.61. The van der Waals surface area contributed by atoms with E-state index in [-0.39, 0.29) is 5.54 Å². The number of rotatable bonds is 4. The van der Waals surface area contributed by atoms with Crippen LogP contribution in [0.5, 0.6) is 0 Å². The van der Waals surface area contributed by atoms with Crippen LogP contribution in [0, 0.1) is 5.92 Å². The maximum Gasteiger partial charge on any atom is 0.0496 e. The summed E-state index contributed by atoms with van der Waals surface area (Å²) in [5.41, 5.74) is 6.58. The smallest absolute Gasteiger partial charge is 0.0496 e. The fraction of sp³-hybridized carbons (Fsp3) is 1.00. The van der Waals surface area contributed by atoms with Crippen LogP contribution < -0.4 is 5.73 Å². The van der Waals surface area contributed by atoms with Gasteiger partial charge in [0.05, 0.1) is 0 Å². The maximum atomic E-state index is 6.33. The molecule has 0 amide bonds. The molecule has 2 unspecified atom stereocenters. The van der Waals surface area contributed by atoms with Crippen LogP contribution in [0.1, 0.15) is 38.5 Å². The van der Waals surface area contributed by atoms with E-state index in [2.05, 4.69) is 28.8 Å². The molecule has 0 spiro atoms. The zero-order chi connectivity index (χ0) is 14.9. The van der Waals surface area contributed by atoms with Crippen molar-refractivity contribution < 1.29 is 0 Å². The number of likely N-dealkylation sites (N-methyl/N-ethyl adjacent to an activating group) is 1. The molecule has 0 radical (unpaired) electrons. The van der Waals surface area contributed by atoms with Crippen molar-refractivity contribution in [2.75, 3.05) is 53.4 Å². The molecule has 4 nitrogen and oxygen atoms in total. The molecule has 0 aliphatic carbocycles. The topological polar surface area (TPSA) is 35.7 Å². The quantitative estimate of drug-likeness (QED) is 0.845. The first-order valence-corrected chi connectivity index (χ1v) is 8.99. The molecule has 0 aromatic carbocycles. The first kappa shape index (κ1) is 15.7. The second-order valence-corrected chi connectivity index (χ2v) is 7.73. The largest absolute Gasteiger partial charge is 0.329 e. The maximum absolute atomic E-state index is 6.33. The van der Waals surface area contributed by atoms with E-state index >= 15 is 0 Å². The van der Waals surface area contributed by atoms with Gasteiger partial charge in [-0.3, -0.25) is 9.80 Å². The van der Waals surface area contributed by atoms with Crippen molar-refractivity contribution in [3.8, 4) is 0 Å². The summed E-state index contributed by atoms with van der Waals surface area (Å²) in [7, 11) is 4.60. The highest BCUT2D eigenvalue weighted by atomic mass is 15.3. The van der Waals surface area contributed by atoms with Gasteiger partial charge < -0.3 is 10.6 Å².